The van der Waals surface area contributed by atoms with Crippen LogP contribution in [0.4, 0.5) is 0 Å². The van der Waals surface area contributed by atoms with Crippen LogP contribution in [0, 0.1) is 12.8 Å². The summed E-state index contributed by atoms with van der Waals surface area (Å²) in [7, 11) is 1.63. The van der Waals surface area contributed by atoms with Crippen LogP contribution in [0.1, 0.15) is 36.8 Å². The van der Waals surface area contributed by atoms with Crippen LogP contribution in [-0.2, 0) is 17.8 Å². The second-order valence-corrected chi connectivity index (χ2v) is 7.85. The van der Waals surface area contributed by atoms with E-state index < -0.39 is 0 Å². The molecule has 162 valence electrons. The van der Waals surface area contributed by atoms with E-state index in [1.54, 1.807) is 11.8 Å². The zero-order valence-electron chi connectivity index (χ0n) is 18.0. The second kappa shape index (κ2) is 9.92. The third-order valence-electron chi connectivity index (χ3n) is 5.19. The maximum Gasteiger partial charge on any atom is 0.252 e. The van der Waals surface area contributed by atoms with Crippen molar-refractivity contribution < 1.29 is 9.84 Å². The quantitative estimate of drug-likeness (QED) is 0.519. The van der Waals surface area contributed by atoms with Gasteiger partial charge < -0.3 is 14.8 Å². The first-order chi connectivity index (χ1) is 14.4. The number of hydrogen-bond donors (Lipinski definition) is 2. The van der Waals surface area contributed by atoms with Crippen LogP contribution in [0.15, 0.2) is 29.1 Å². The summed E-state index contributed by atoms with van der Waals surface area (Å²) >= 11 is 0. The maximum absolute atomic E-state index is 12.7. The normalized spacial score (nSPS) is 12.9. The fourth-order valence-electron chi connectivity index (χ4n) is 3.80. The van der Waals surface area contributed by atoms with Crippen molar-refractivity contribution in [2.45, 2.75) is 39.9 Å². The number of rotatable bonds is 10. The lowest BCUT2D eigenvalue weighted by molar-refractivity contribution is 0.103. The van der Waals surface area contributed by atoms with Gasteiger partial charge >= 0.3 is 0 Å². The monoisotopic (exact) mass is 414 g/mol. The molecule has 0 radical (unpaired) electrons. The smallest absolute Gasteiger partial charge is 0.252 e. The molecule has 30 heavy (non-hydrogen) atoms. The Balaban J connectivity index is 1.97. The van der Waals surface area contributed by atoms with Gasteiger partial charge in [0, 0.05) is 31.3 Å². The van der Waals surface area contributed by atoms with Gasteiger partial charge in [-0.2, -0.15) is 0 Å². The Morgan fingerprint density at radius 3 is 2.80 bits per heavy atom. The summed E-state index contributed by atoms with van der Waals surface area (Å²) in [6, 6.07) is 7.71. The average molecular weight is 415 g/mol. The van der Waals surface area contributed by atoms with Gasteiger partial charge in [0.05, 0.1) is 25.8 Å². The minimum absolute atomic E-state index is 0.0343. The molecule has 0 aliphatic heterocycles. The number of tetrazole rings is 1. The molecular weight excluding hydrogens is 384 g/mol. The molecule has 9 nitrogen and oxygen atoms in total. The van der Waals surface area contributed by atoms with E-state index in [4.69, 9.17) is 4.74 Å². The van der Waals surface area contributed by atoms with Gasteiger partial charge in [0.1, 0.15) is 0 Å². The number of methoxy groups -OCH3 is 1. The Bertz CT molecular complexity index is 1030. The van der Waals surface area contributed by atoms with Crippen LogP contribution in [-0.4, -0.2) is 62.1 Å². The molecule has 9 heteroatoms. The Kier molecular flexibility index (Phi) is 7.30. The first-order valence-electron chi connectivity index (χ1n) is 10.2. The van der Waals surface area contributed by atoms with E-state index in [2.05, 4.69) is 45.3 Å². The molecule has 3 aromatic rings. The van der Waals surface area contributed by atoms with E-state index in [-0.39, 0.29) is 24.1 Å². The van der Waals surface area contributed by atoms with E-state index in [0.29, 0.717) is 37.6 Å². The fourth-order valence-corrected chi connectivity index (χ4v) is 3.80. The number of aryl methyl sites for hydroxylation is 1. The lowest BCUT2D eigenvalue weighted by atomic mass is 10.0. The standard InChI is InChI=1S/C21H30N6O3/c1-14(2)19(20-23-24-25-27(20)8-10-30-4)26(7-9-28)13-17-12-16-11-15(3)5-6-18(16)22-21(17)29/h5-6,11-12,14,19,28H,7-10,13H2,1-4H3,(H,22,29). The summed E-state index contributed by atoms with van der Waals surface area (Å²) in [5.74, 6) is 0.856. The summed E-state index contributed by atoms with van der Waals surface area (Å²) in [6.45, 7) is 7.95. The third-order valence-corrected chi connectivity index (χ3v) is 5.19. The summed E-state index contributed by atoms with van der Waals surface area (Å²) in [5, 5.41) is 22.9. The minimum atomic E-state index is -0.170. The number of hydrogen-bond acceptors (Lipinski definition) is 7. The number of aromatic nitrogens is 5. The van der Waals surface area contributed by atoms with Crippen LogP contribution in [0.25, 0.3) is 10.9 Å². The van der Waals surface area contributed by atoms with Crippen molar-refractivity contribution in [2.24, 2.45) is 5.92 Å². The summed E-state index contributed by atoms with van der Waals surface area (Å²) < 4.78 is 6.89. The third kappa shape index (κ3) is 4.92. The Morgan fingerprint density at radius 1 is 1.30 bits per heavy atom. The highest BCUT2D eigenvalue weighted by Gasteiger charge is 2.29. The van der Waals surface area contributed by atoms with Crippen LogP contribution < -0.4 is 5.56 Å². The van der Waals surface area contributed by atoms with Crippen LogP contribution in [0.2, 0.25) is 0 Å². The molecule has 0 spiro atoms. The van der Waals surface area contributed by atoms with Crippen LogP contribution in [0.5, 0.6) is 0 Å². The maximum atomic E-state index is 12.7. The number of fused-ring (bicyclic) bond motifs is 1. The Labute approximate surface area is 175 Å². The van der Waals surface area contributed by atoms with E-state index in [1.807, 2.05) is 25.1 Å². The summed E-state index contributed by atoms with van der Waals surface area (Å²) in [4.78, 5) is 17.8. The predicted octanol–water partition coefficient (Wildman–Crippen LogP) is 1.66. The zero-order chi connectivity index (χ0) is 21.7. The largest absolute Gasteiger partial charge is 0.395 e. The molecule has 1 atom stereocenters. The van der Waals surface area contributed by atoms with Gasteiger partial charge in [-0.05, 0) is 46.9 Å². The van der Waals surface area contributed by atoms with Gasteiger partial charge in [-0.25, -0.2) is 4.68 Å². The minimum Gasteiger partial charge on any atom is -0.395 e. The number of benzene rings is 1. The number of nitrogens with one attached hydrogen (secondary N) is 1. The molecule has 2 N–H and O–H groups in total. The molecule has 3 rings (SSSR count). The average Bonchev–Trinajstić information content (AvgIpc) is 3.15. The molecule has 0 aliphatic rings. The molecule has 0 saturated carbocycles. The van der Waals surface area contributed by atoms with E-state index in [9.17, 15) is 9.90 Å². The van der Waals surface area contributed by atoms with Crippen LogP contribution >= 0.6 is 0 Å². The molecule has 1 aromatic carbocycles. The van der Waals surface area contributed by atoms with Gasteiger partial charge in [0.2, 0.25) is 0 Å². The molecule has 0 bridgehead atoms. The van der Waals surface area contributed by atoms with Gasteiger partial charge in [0.25, 0.3) is 5.56 Å². The highest BCUT2D eigenvalue weighted by molar-refractivity contribution is 5.79. The molecule has 2 heterocycles. The first-order valence-corrected chi connectivity index (χ1v) is 10.2. The SMILES string of the molecule is COCCn1nnnc1C(C(C)C)N(CCO)Cc1cc2cc(C)ccc2[nH]c1=O. The lowest BCUT2D eigenvalue weighted by Crippen LogP contribution is -2.37. The first kappa shape index (κ1) is 22.1. The van der Waals surface area contributed by atoms with Crippen LogP contribution in [0.3, 0.4) is 0 Å². The molecule has 2 aromatic heterocycles. The van der Waals surface area contributed by atoms with Crippen molar-refractivity contribution in [3.05, 3.63) is 51.6 Å². The van der Waals surface area contributed by atoms with Crippen molar-refractivity contribution in [1.82, 2.24) is 30.1 Å². The second-order valence-electron chi connectivity index (χ2n) is 7.85. The highest BCUT2D eigenvalue weighted by atomic mass is 16.5. The van der Waals surface area contributed by atoms with Crippen molar-refractivity contribution in [1.29, 1.82) is 0 Å². The van der Waals surface area contributed by atoms with Crippen molar-refractivity contribution >= 4 is 10.9 Å². The number of aliphatic hydroxyl groups is 1. The fraction of sp³-hybridized carbons (Fsp3) is 0.524. The number of nitrogens with zero attached hydrogens (tertiary/aromatic N) is 5. The Morgan fingerprint density at radius 2 is 2.10 bits per heavy atom. The zero-order valence-corrected chi connectivity index (χ0v) is 18.0. The van der Waals surface area contributed by atoms with E-state index in [0.717, 1.165) is 16.5 Å². The van der Waals surface area contributed by atoms with Gasteiger partial charge in [-0.1, -0.05) is 25.5 Å². The molecule has 0 fully saturated rings. The number of pyridine rings is 1. The number of aromatic amines is 1. The Hall–Kier alpha value is -2.62. The molecule has 0 amide bonds. The van der Waals surface area contributed by atoms with E-state index in [1.165, 1.54) is 0 Å². The van der Waals surface area contributed by atoms with Gasteiger partial charge in [-0.15, -0.1) is 5.10 Å². The number of aliphatic hydroxyl groups excluding tert-OH is 1. The van der Waals surface area contributed by atoms with E-state index >= 15 is 0 Å². The predicted molar refractivity (Wildman–Crippen MR) is 114 cm³/mol. The highest BCUT2D eigenvalue weighted by Crippen LogP contribution is 2.28. The van der Waals surface area contributed by atoms with Gasteiger partial charge in [0.15, 0.2) is 5.82 Å². The topological polar surface area (TPSA) is 109 Å². The summed E-state index contributed by atoms with van der Waals surface area (Å²) in [6.07, 6.45) is 0. The van der Waals surface area contributed by atoms with Crippen molar-refractivity contribution in [3.63, 3.8) is 0 Å². The summed E-state index contributed by atoms with van der Waals surface area (Å²) in [5.41, 5.74) is 2.45. The number of H-pyrrole nitrogens is 1. The van der Waals surface area contributed by atoms with Gasteiger partial charge in [-0.3, -0.25) is 9.69 Å². The lowest BCUT2D eigenvalue weighted by Gasteiger charge is -2.33. The molecular formula is C21H30N6O3. The number of ether oxygens (including phenoxy) is 1. The molecule has 0 aliphatic carbocycles. The molecule has 0 saturated heterocycles. The van der Waals surface area contributed by atoms with Crippen molar-refractivity contribution in [2.75, 3.05) is 26.9 Å². The van der Waals surface area contributed by atoms with Crippen molar-refractivity contribution in [3.8, 4) is 0 Å². The molecule has 1 unspecified atom stereocenters.